The molecule has 1 unspecified atom stereocenters. The van der Waals surface area contributed by atoms with Crippen LogP contribution < -0.4 is 5.32 Å². The molecule has 0 saturated carbocycles. The SMILES string of the molecule is Cc1cccc(C2NCC(=O)N2CCC(C)(C)C)c1. The number of benzene rings is 1. The molecule has 2 rings (SSSR count). The Morgan fingerprint density at radius 1 is 1.37 bits per heavy atom. The van der Waals surface area contributed by atoms with E-state index in [2.05, 4.69) is 57.3 Å². The van der Waals surface area contributed by atoms with Gasteiger partial charge in [-0.05, 0) is 24.3 Å². The molecular formula is C16H24N2O. The molecule has 0 aromatic heterocycles. The average Bonchev–Trinajstić information content (AvgIpc) is 2.67. The van der Waals surface area contributed by atoms with Crippen LogP contribution in [0.5, 0.6) is 0 Å². The Kier molecular flexibility index (Phi) is 3.95. The summed E-state index contributed by atoms with van der Waals surface area (Å²) in [6, 6.07) is 8.38. The van der Waals surface area contributed by atoms with Crippen LogP contribution in [0.25, 0.3) is 0 Å². The van der Waals surface area contributed by atoms with E-state index in [-0.39, 0.29) is 17.5 Å². The summed E-state index contributed by atoms with van der Waals surface area (Å²) in [4.78, 5) is 14.0. The molecule has 1 fully saturated rings. The number of nitrogens with zero attached hydrogens (tertiary/aromatic N) is 1. The van der Waals surface area contributed by atoms with Crippen LogP contribution in [-0.4, -0.2) is 23.9 Å². The summed E-state index contributed by atoms with van der Waals surface area (Å²) in [6.07, 6.45) is 1.05. The molecule has 1 heterocycles. The molecule has 1 amide bonds. The number of carbonyl (C=O) groups is 1. The second kappa shape index (κ2) is 5.33. The molecule has 0 aliphatic carbocycles. The first-order valence-corrected chi connectivity index (χ1v) is 6.96. The molecule has 1 aromatic rings. The predicted molar refractivity (Wildman–Crippen MR) is 77.7 cm³/mol. The second-order valence-electron chi connectivity index (χ2n) is 6.60. The number of aryl methyl sites for hydroxylation is 1. The quantitative estimate of drug-likeness (QED) is 0.906. The standard InChI is InChI=1S/C16H24N2O/c1-12-6-5-7-13(10-12)15-17-11-14(19)18(15)9-8-16(2,3)4/h5-7,10,15,17H,8-9,11H2,1-4H3. The molecule has 1 atom stereocenters. The third-order valence-electron chi connectivity index (χ3n) is 3.54. The Bertz CT molecular complexity index is 462. The van der Waals surface area contributed by atoms with Gasteiger partial charge in [-0.2, -0.15) is 0 Å². The summed E-state index contributed by atoms with van der Waals surface area (Å²) in [5, 5.41) is 3.31. The van der Waals surface area contributed by atoms with Gasteiger partial charge in [0.25, 0.3) is 0 Å². The minimum atomic E-state index is 0.0368. The lowest BCUT2D eigenvalue weighted by Crippen LogP contribution is -2.33. The van der Waals surface area contributed by atoms with Crippen molar-refractivity contribution in [2.24, 2.45) is 5.41 Å². The van der Waals surface area contributed by atoms with E-state index < -0.39 is 0 Å². The molecule has 0 radical (unpaired) electrons. The van der Waals surface area contributed by atoms with Gasteiger partial charge in [0, 0.05) is 6.54 Å². The average molecular weight is 260 g/mol. The number of nitrogens with one attached hydrogen (secondary N) is 1. The third kappa shape index (κ3) is 3.57. The van der Waals surface area contributed by atoms with Crippen molar-refractivity contribution in [3.05, 3.63) is 35.4 Å². The number of carbonyl (C=O) groups excluding carboxylic acids is 1. The molecule has 104 valence electrons. The minimum absolute atomic E-state index is 0.0368. The fraction of sp³-hybridized carbons (Fsp3) is 0.562. The Morgan fingerprint density at radius 2 is 2.11 bits per heavy atom. The first-order chi connectivity index (χ1) is 8.87. The maximum absolute atomic E-state index is 12.0. The zero-order valence-electron chi connectivity index (χ0n) is 12.4. The molecule has 0 spiro atoms. The van der Waals surface area contributed by atoms with Gasteiger partial charge in [-0.1, -0.05) is 50.6 Å². The highest BCUT2D eigenvalue weighted by Crippen LogP contribution is 2.26. The van der Waals surface area contributed by atoms with Crippen LogP contribution in [0.2, 0.25) is 0 Å². The summed E-state index contributed by atoms with van der Waals surface area (Å²) in [6.45, 7) is 9.98. The van der Waals surface area contributed by atoms with Crippen molar-refractivity contribution in [3.63, 3.8) is 0 Å². The topological polar surface area (TPSA) is 32.3 Å². The molecule has 1 aliphatic rings. The second-order valence-corrected chi connectivity index (χ2v) is 6.60. The van der Waals surface area contributed by atoms with E-state index in [0.29, 0.717) is 6.54 Å². The van der Waals surface area contributed by atoms with Crippen LogP contribution in [0.15, 0.2) is 24.3 Å². The van der Waals surface area contributed by atoms with E-state index in [0.717, 1.165) is 13.0 Å². The molecule has 1 aromatic carbocycles. The van der Waals surface area contributed by atoms with Crippen molar-refractivity contribution >= 4 is 5.91 Å². The Labute approximate surface area is 116 Å². The fourth-order valence-electron chi connectivity index (χ4n) is 2.39. The molecule has 1 saturated heterocycles. The Hall–Kier alpha value is -1.35. The van der Waals surface area contributed by atoms with Crippen molar-refractivity contribution < 1.29 is 4.79 Å². The highest BCUT2D eigenvalue weighted by Gasteiger charge is 2.31. The van der Waals surface area contributed by atoms with Crippen LogP contribution >= 0.6 is 0 Å². The lowest BCUT2D eigenvalue weighted by atomic mass is 9.92. The molecule has 3 nitrogen and oxygen atoms in total. The van der Waals surface area contributed by atoms with Gasteiger partial charge in [0.1, 0.15) is 6.17 Å². The minimum Gasteiger partial charge on any atom is -0.322 e. The van der Waals surface area contributed by atoms with E-state index in [1.54, 1.807) is 0 Å². The Balaban J connectivity index is 2.13. The van der Waals surface area contributed by atoms with Crippen LogP contribution in [0.3, 0.4) is 0 Å². The van der Waals surface area contributed by atoms with Crippen molar-refractivity contribution in [3.8, 4) is 0 Å². The summed E-state index contributed by atoms with van der Waals surface area (Å²) in [7, 11) is 0. The first kappa shape index (κ1) is 14.1. The van der Waals surface area contributed by atoms with Crippen molar-refractivity contribution in [2.45, 2.75) is 40.3 Å². The molecular weight excluding hydrogens is 236 g/mol. The predicted octanol–water partition coefficient (Wildman–Crippen LogP) is 2.86. The van der Waals surface area contributed by atoms with E-state index in [4.69, 9.17) is 0 Å². The maximum Gasteiger partial charge on any atom is 0.238 e. The summed E-state index contributed by atoms with van der Waals surface area (Å²) >= 11 is 0. The lowest BCUT2D eigenvalue weighted by molar-refractivity contribution is -0.128. The molecule has 1 aliphatic heterocycles. The summed E-state index contributed by atoms with van der Waals surface area (Å²) < 4.78 is 0. The number of rotatable bonds is 3. The summed E-state index contributed by atoms with van der Waals surface area (Å²) in [5.74, 6) is 0.204. The normalized spacial score (nSPS) is 20.1. The third-order valence-corrected chi connectivity index (χ3v) is 3.54. The number of hydrogen-bond donors (Lipinski definition) is 1. The van der Waals surface area contributed by atoms with Gasteiger partial charge in [0.05, 0.1) is 6.54 Å². The van der Waals surface area contributed by atoms with Gasteiger partial charge in [-0.25, -0.2) is 0 Å². The largest absolute Gasteiger partial charge is 0.322 e. The Morgan fingerprint density at radius 3 is 2.74 bits per heavy atom. The zero-order chi connectivity index (χ0) is 14.0. The van der Waals surface area contributed by atoms with Gasteiger partial charge >= 0.3 is 0 Å². The highest BCUT2D eigenvalue weighted by molar-refractivity contribution is 5.80. The van der Waals surface area contributed by atoms with Gasteiger partial charge in [0.2, 0.25) is 5.91 Å². The van der Waals surface area contributed by atoms with E-state index in [1.807, 2.05) is 4.90 Å². The van der Waals surface area contributed by atoms with Gasteiger partial charge in [-0.15, -0.1) is 0 Å². The lowest BCUT2D eigenvalue weighted by Gasteiger charge is -2.28. The van der Waals surface area contributed by atoms with E-state index >= 15 is 0 Å². The first-order valence-electron chi connectivity index (χ1n) is 6.96. The fourth-order valence-corrected chi connectivity index (χ4v) is 2.39. The highest BCUT2D eigenvalue weighted by atomic mass is 16.2. The van der Waals surface area contributed by atoms with E-state index in [9.17, 15) is 4.79 Å². The number of hydrogen-bond acceptors (Lipinski definition) is 2. The van der Waals surface area contributed by atoms with Crippen molar-refractivity contribution in [2.75, 3.05) is 13.1 Å². The monoisotopic (exact) mass is 260 g/mol. The molecule has 3 heteroatoms. The van der Waals surface area contributed by atoms with Crippen LogP contribution in [0.4, 0.5) is 0 Å². The van der Waals surface area contributed by atoms with Crippen molar-refractivity contribution in [1.82, 2.24) is 10.2 Å². The van der Waals surface area contributed by atoms with E-state index in [1.165, 1.54) is 11.1 Å². The maximum atomic E-state index is 12.0. The van der Waals surface area contributed by atoms with Gasteiger partial charge in [-0.3, -0.25) is 10.1 Å². The summed E-state index contributed by atoms with van der Waals surface area (Å²) in [5.41, 5.74) is 2.66. The zero-order valence-corrected chi connectivity index (χ0v) is 12.4. The van der Waals surface area contributed by atoms with Crippen LogP contribution in [0.1, 0.15) is 44.5 Å². The van der Waals surface area contributed by atoms with Crippen molar-refractivity contribution in [1.29, 1.82) is 0 Å². The molecule has 19 heavy (non-hydrogen) atoms. The number of amides is 1. The molecule has 1 N–H and O–H groups in total. The smallest absolute Gasteiger partial charge is 0.238 e. The molecule has 0 bridgehead atoms. The van der Waals surface area contributed by atoms with Crippen LogP contribution in [0, 0.1) is 12.3 Å². The van der Waals surface area contributed by atoms with Gasteiger partial charge in [0.15, 0.2) is 0 Å². The van der Waals surface area contributed by atoms with Gasteiger partial charge < -0.3 is 4.90 Å². The van der Waals surface area contributed by atoms with Crippen LogP contribution in [-0.2, 0) is 4.79 Å².